The number of primary amides is 1. The second-order valence-corrected chi connectivity index (χ2v) is 7.48. The number of carbonyl (C=O) groups excluding carboxylic acids is 2. The lowest BCUT2D eigenvalue weighted by molar-refractivity contribution is -0.119. The molecule has 3 amide bonds. The first-order valence-electron chi connectivity index (χ1n) is 8.80. The van der Waals surface area contributed by atoms with Crippen LogP contribution < -0.4 is 11.1 Å². The summed E-state index contributed by atoms with van der Waals surface area (Å²) in [5.74, 6) is 0.258. The molecule has 0 aliphatic heterocycles. The SMILES string of the molecule is NC(=O)NC(=O)[C@H](Sc1nnc(-c2ccncc2)n1C1CC1)c1ccccc1. The van der Waals surface area contributed by atoms with Crippen molar-refractivity contribution in [3.05, 3.63) is 60.4 Å². The van der Waals surface area contributed by atoms with E-state index >= 15 is 0 Å². The summed E-state index contributed by atoms with van der Waals surface area (Å²) in [7, 11) is 0. The predicted molar refractivity (Wildman–Crippen MR) is 104 cm³/mol. The number of nitrogens with one attached hydrogen (secondary N) is 1. The molecule has 2 aromatic heterocycles. The van der Waals surface area contributed by atoms with E-state index < -0.39 is 17.2 Å². The fourth-order valence-electron chi connectivity index (χ4n) is 2.91. The summed E-state index contributed by atoms with van der Waals surface area (Å²) in [6.45, 7) is 0. The maximum absolute atomic E-state index is 12.6. The molecule has 28 heavy (non-hydrogen) atoms. The lowest BCUT2D eigenvalue weighted by atomic mass is 10.1. The van der Waals surface area contributed by atoms with Crippen LogP contribution in [0, 0.1) is 0 Å². The Labute approximate surface area is 165 Å². The number of nitrogens with two attached hydrogens (primary N) is 1. The molecule has 3 aromatic rings. The van der Waals surface area contributed by atoms with Gasteiger partial charge in [0.05, 0.1) is 0 Å². The van der Waals surface area contributed by atoms with Crippen LogP contribution in [0.3, 0.4) is 0 Å². The smallest absolute Gasteiger partial charge is 0.318 e. The zero-order valence-corrected chi connectivity index (χ0v) is 15.7. The van der Waals surface area contributed by atoms with E-state index in [0.717, 1.165) is 29.8 Å². The van der Waals surface area contributed by atoms with Crippen LogP contribution in [0.25, 0.3) is 11.4 Å². The standard InChI is InChI=1S/C19H18N6O2S/c20-18(27)22-17(26)15(12-4-2-1-3-5-12)28-19-24-23-16(25(19)14-6-7-14)13-8-10-21-11-9-13/h1-5,8-11,14-15H,6-7H2,(H3,20,22,26,27)/t15-/m1/s1. The molecule has 8 nitrogen and oxygen atoms in total. The van der Waals surface area contributed by atoms with Crippen LogP contribution >= 0.6 is 11.8 Å². The van der Waals surface area contributed by atoms with Gasteiger partial charge >= 0.3 is 6.03 Å². The molecule has 9 heteroatoms. The first-order valence-corrected chi connectivity index (χ1v) is 9.68. The number of hydrogen-bond donors (Lipinski definition) is 2. The molecule has 1 aliphatic carbocycles. The van der Waals surface area contributed by atoms with Gasteiger partial charge in [0, 0.05) is 24.0 Å². The van der Waals surface area contributed by atoms with Gasteiger partial charge in [0.15, 0.2) is 11.0 Å². The van der Waals surface area contributed by atoms with Crippen LogP contribution in [-0.2, 0) is 4.79 Å². The van der Waals surface area contributed by atoms with E-state index in [4.69, 9.17) is 5.73 Å². The third kappa shape index (κ3) is 3.89. The van der Waals surface area contributed by atoms with Crippen molar-refractivity contribution in [2.45, 2.75) is 29.3 Å². The van der Waals surface area contributed by atoms with Crippen molar-refractivity contribution in [2.24, 2.45) is 5.73 Å². The molecule has 0 spiro atoms. The quantitative estimate of drug-likeness (QED) is 0.621. The molecule has 3 N–H and O–H groups in total. The highest BCUT2D eigenvalue weighted by atomic mass is 32.2. The van der Waals surface area contributed by atoms with E-state index in [1.165, 1.54) is 11.8 Å². The van der Waals surface area contributed by atoms with Gasteiger partial charge in [-0.1, -0.05) is 42.1 Å². The maximum Gasteiger partial charge on any atom is 0.318 e. The Morgan fingerprint density at radius 2 is 1.82 bits per heavy atom. The Bertz CT molecular complexity index is 988. The normalized spacial score (nSPS) is 14.4. The lowest BCUT2D eigenvalue weighted by Gasteiger charge is -2.16. The van der Waals surface area contributed by atoms with E-state index in [-0.39, 0.29) is 0 Å². The largest absolute Gasteiger partial charge is 0.351 e. The first-order chi connectivity index (χ1) is 13.6. The number of amides is 3. The second kappa shape index (κ2) is 7.81. The Morgan fingerprint density at radius 1 is 1.11 bits per heavy atom. The number of nitrogens with zero attached hydrogens (tertiary/aromatic N) is 4. The summed E-state index contributed by atoms with van der Waals surface area (Å²) in [4.78, 5) is 27.9. The first kappa shape index (κ1) is 18.2. The lowest BCUT2D eigenvalue weighted by Crippen LogP contribution is -2.37. The van der Waals surface area contributed by atoms with Crippen molar-refractivity contribution in [2.75, 3.05) is 0 Å². The Morgan fingerprint density at radius 3 is 2.46 bits per heavy atom. The average molecular weight is 394 g/mol. The van der Waals surface area contributed by atoms with Crippen LogP contribution in [-0.4, -0.2) is 31.7 Å². The van der Waals surface area contributed by atoms with E-state index in [1.807, 2.05) is 42.5 Å². The van der Waals surface area contributed by atoms with Crippen LogP contribution in [0.4, 0.5) is 4.79 Å². The van der Waals surface area contributed by atoms with Gasteiger partial charge in [-0.3, -0.25) is 19.7 Å². The monoisotopic (exact) mass is 394 g/mol. The van der Waals surface area contributed by atoms with E-state index in [1.54, 1.807) is 12.4 Å². The number of benzene rings is 1. The molecule has 1 fully saturated rings. The number of pyridine rings is 1. The number of thioether (sulfide) groups is 1. The summed E-state index contributed by atoms with van der Waals surface area (Å²) >= 11 is 1.26. The minimum atomic E-state index is -0.882. The molecule has 1 aromatic carbocycles. The summed E-state index contributed by atoms with van der Waals surface area (Å²) in [6.07, 6.45) is 5.49. The van der Waals surface area contributed by atoms with Crippen LogP contribution in [0.1, 0.15) is 29.7 Å². The van der Waals surface area contributed by atoms with Gasteiger partial charge in [0.1, 0.15) is 5.25 Å². The minimum absolute atomic E-state index is 0.302. The molecule has 0 saturated heterocycles. The number of urea groups is 1. The molecule has 0 unspecified atom stereocenters. The molecule has 2 heterocycles. The molecule has 1 aliphatic rings. The zero-order chi connectivity index (χ0) is 19.5. The molecule has 1 atom stereocenters. The van der Waals surface area contributed by atoms with Crippen molar-refractivity contribution in [1.29, 1.82) is 0 Å². The van der Waals surface area contributed by atoms with Crippen molar-refractivity contribution < 1.29 is 9.59 Å². The maximum atomic E-state index is 12.6. The molecule has 4 rings (SSSR count). The van der Waals surface area contributed by atoms with Gasteiger partial charge in [-0.15, -0.1) is 10.2 Å². The fraction of sp³-hybridized carbons (Fsp3) is 0.211. The topological polar surface area (TPSA) is 116 Å². The van der Waals surface area contributed by atoms with Crippen molar-refractivity contribution in [1.82, 2.24) is 25.1 Å². The molecular weight excluding hydrogens is 376 g/mol. The summed E-state index contributed by atoms with van der Waals surface area (Å²) < 4.78 is 2.06. The third-order valence-corrected chi connectivity index (χ3v) is 5.54. The van der Waals surface area contributed by atoms with Crippen molar-refractivity contribution in [3.8, 4) is 11.4 Å². The van der Waals surface area contributed by atoms with Crippen molar-refractivity contribution in [3.63, 3.8) is 0 Å². The molecule has 0 radical (unpaired) electrons. The third-order valence-electron chi connectivity index (χ3n) is 4.33. The van der Waals surface area contributed by atoms with Gasteiger partial charge in [-0.05, 0) is 30.5 Å². The summed E-state index contributed by atoms with van der Waals surface area (Å²) in [5.41, 5.74) is 6.82. The summed E-state index contributed by atoms with van der Waals surface area (Å²) in [6, 6.07) is 12.4. The zero-order valence-electron chi connectivity index (χ0n) is 14.9. The minimum Gasteiger partial charge on any atom is -0.351 e. The Balaban J connectivity index is 1.70. The van der Waals surface area contributed by atoms with E-state index in [2.05, 4.69) is 25.1 Å². The number of aromatic nitrogens is 4. The van der Waals surface area contributed by atoms with Crippen LogP contribution in [0.15, 0.2) is 60.0 Å². The van der Waals surface area contributed by atoms with Gasteiger partial charge in [-0.25, -0.2) is 4.79 Å². The van der Waals surface area contributed by atoms with Gasteiger partial charge in [0.2, 0.25) is 5.91 Å². The van der Waals surface area contributed by atoms with Crippen LogP contribution in [0.5, 0.6) is 0 Å². The van der Waals surface area contributed by atoms with Gasteiger partial charge in [0.25, 0.3) is 0 Å². The predicted octanol–water partition coefficient (Wildman–Crippen LogP) is 2.70. The highest BCUT2D eigenvalue weighted by molar-refractivity contribution is 8.00. The molecule has 1 saturated carbocycles. The molecular formula is C19H18N6O2S. The number of rotatable bonds is 6. The highest BCUT2D eigenvalue weighted by Crippen LogP contribution is 2.44. The average Bonchev–Trinajstić information content (AvgIpc) is 3.46. The Kier molecular flexibility index (Phi) is 5.07. The number of carbonyl (C=O) groups is 2. The van der Waals surface area contributed by atoms with E-state index in [0.29, 0.717) is 11.2 Å². The molecule has 0 bridgehead atoms. The summed E-state index contributed by atoms with van der Waals surface area (Å²) in [5, 5.41) is 10.8. The van der Waals surface area contributed by atoms with Crippen molar-refractivity contribution >= 4 is 23.7 Å². The number of imide groups is 1. The fourth-order valence-corrected chi connectivity index (χ4v) is 4.02. The second-order valence-electron chi connectivity index (χ2n) is 6.41. The number of hydrogen-bond acceptors (Lipinski definition) is 6. The Hall–Kier alpha value is -3.20. The molecule has 142 valence electrons. The van der Waals surface area contributed by atoms with Crippen LogP contribution in [0.2, 0.25) is 0 Å². The van der Waals surface area contributed by atoms with Gasteiger partial charge < -0.3 is 5.73 Å². The van der Waals surface area contributed by atoms with Gasteiger partial charge in [-0.2, -0.15) is 0 Å². The highest BCUT2D eigenvalue weighted by Gasteiger charge is 2.33. The van der Waals surface area contributed by atoms with E-state index in [9.17, 15) is 9.59 Å².